The van der Waals surface area contributed by atoms with Crippen molar-refractivity contribution in [3.8, 4) is 6.07 Å². The van der Waals surface area contributed by atoms with Crippen LogP contribution in [-0.4, -0.2) is 12.4 Å². The minimum atomic E-state index is -0.0116. The molecule has 1 atom stereocenters. The first-order valence-corrected chi connectivity index (χ1v) is 2.94. The molecule has 0 fully saturated rings. The highest BCUT2D eigenvalue weighted by Crippen LogP contribution is 2.07. The normalized spacial score (nSPS) is 23.8. The molecule has 1 heterocycles. The third-order valence-corrected chi connectivity index (χ3v) is 1.36. The number of nitrogens with zero attached hydrogens (tertiary/aromatic N) is 2. The number of nitrogens with one attached hydrogen (secondary N) is 1. The van der Waals surface area contributed by atoms with Crippen molar-refractivity contribution in [3.05, 3.63) is 11.4 Å². The summed E-state index contributed by atoms with van der Waals surface area (Å²) in [5, 5.41) is 11.4. The van der Waals surface area contributed by atoms with Crippen LogP contribution < -0.4 is 11.1 Å². The van der Waals surface area contributed by atoms with E-state index in [0.717, 1.165) is 0 Å². The van der Waals surface area contributed by atoms with Gasteiger partial charge in [0.05, 0.1) is 18.0 Å². The Morgan fingerprint density at radius 2 is 2.60 bits per heavy atom. The fraction of sp³-hybridized carbons (Fsp3) is 0.333. The van der Waals surface area contributed by atoms with Crippen LogP contribution >= 0.6 is 0 Å². The molecule has 1 aliphatic rings. The summed E-state index contributed by atoms with van der Waals surface area (Å²) in [4.78, 5) is 3.73. The summed E-state index contributed by atoms with van der Waals surface area (Å²) in [6, 6.07) is 1.97. The molecule has 0 bridgehead atoms. The van der Waals surface area contributed by atoms with Gasteiger partial charge in [-0.15, -0.1) is 0 Å². The minimum absolute atomic E-state index is 0.0116. The Morgan fingerprint density at radius 1 is 1.90 bits per heavy atom. The average molecular weight is 136 g/mol. The van der Waals surface area contributed by atoms with E-state index < -0.39 is 0 Å². The highest BCUT2D eigenvalue weighted by Gasteiger charge is 2.13. The minimum Gasteiger partial charge on any atom is -0.383 e. The van der Waals surface area contributed by atoms with Crippen LogP contribution in [0.1, 0.15) is 6.92 Å². The molecule has 0 spiro atoms. The van der Waals surface area contributed by atoms with Gasteiger partial charge in [-0.25, -0.2) is 4.99 Å². The standard InChI is InChI=1S/C6H8N4/c1-4-5(2-7)6(8)10-3-9-4/h3-4H,8H2,1H3,(H,9,10). The predicted octanol–water partition coefficient (Wildman–Crippen LogP) is -0.300. The maximum Gasteiger partial charge on any atom is 0.141 e. The molecule has 0 aromatic rings. The molecule has 4 heteroatoms. The number of hydrogen-bond donors (Lipinski definition) is 2. The second-order valence-corrected chi connectivity index (χ2v) is 2.06. The quantitative estimate of drug-likeness (QED) is 0.480. The van der Waals surface area contributed by atoms with Gasteiger partial charge in [0.15, 0.2) is 0 Å². The van der Waals surface area contributed by atoms with Gasteiger partial charge in [-0.2, -0.15) is 5.26 Å². The first-order chi connectivity index (χ1) is 4.75. The summed E-state index contributed by atoms with van der Waals surface area (Å²) in [5.41, 5.74) is 5.90. The van der Waals surface area contributed by atoms with Gasteiger partial charge in [0.1, 0.15) is 11.9 Å². The van der Waals surface area contributed by atoms with Crippen molar-refractivity contribution in [1.29, 1.82) is 5.26 Å². The number of rotatable bonds is 0. The maximum atomic E-state index is 8.53. The Balaban J connectivity index is 2.97. The van der Waals surface area contributed by atoms with Crippen molar-refractivity contribution in [2.75, 3.05) is 0 Å². The lowest BCUT2D eigenvalue weighted by Gasteiger charge is -2.14. The van der Waals surface area contributed by atoms with Crippen molar-refractivity contribution in [2.45, 2.75) is 13.0 Å². The highest BCUT2D eigenvalue weighted by molar-refractivity contribution is 5.61. The molecule has 0 aliphatic carbocycles. The lowest BCUT2D eigenvalue weighted by molar-refractivity contribution is 0.759. The van der Waals surface area contributed by atoms with Crippen LogP contribution in [0.4, 0.5) is 0 Å². The summed E-state index contributed by atoms with van der Waals surface area (Å²) >= 11 is 0. The van der Waals surface area contributed by atoms with E-state index in [1.165, 1.54) is 6.34 Å². The van der Waals surface area contributed by atoms with E-state index in [-0.39, 0.29) is 6.04 Å². The Hall–Kier alpha value is -1.50. The number of hydrogen-bond acceptors (Lipinski definition) is 4. The van der Waals surface area contributed by atoms with Crippen molar-refractivity contribution < 1.29 is 0 Å². The molecule has 0 aromatic heterocycles. The molecular formula is C6H8N4. The zero-order chi connectivity index (χ0) is 7.56. The average Bonchev–Trinajstić information content (AvgIpc) is 1.88. The Labute approximate surface area is 59.0 Å². The van der Waals surface area contributed by atoms with E-state index >= 15 is 0 Å². The molecule has 3 N–H and O–H groups in total. The molecule has 0 radical (unpaired) electrons. The van der Waals surface area contributed by atoms with Crippen LogP contribution in [0.5, 0.6) is 0 Å². The summed E-state index contributed by atoms with van der Waals surface area (Å²) in [6.07, 6.45) is 1.50. The summed E-state index contributed by atoms with van der Waals surface area (Å²) in [7, 11) is 0. The summed E-state index contributed by atoms with van der Waals surface area (Å²) in [6.45, 7) is 1.86. The smallest absolute Gasteiger partial charge is 0.141 e. The molecule has 52 valence electrons. The number of nitriles is 1. The second-order valence-electron chi connectivity index (χ2n) is 2.06. The Kier molecular flexibility index (Phi) is 1.59. The highest BCUT2D eigenvalue weighted by atomic mass is 15.0. The van der Waals surface area contributed by atoms with E-state index in [4.69, 9.17) is 11.0 Å². The number of aliphatic imine (C=N–C) groups is 1. The first kappa shape index (κ1) is 6.62. The van der Waals surface area contributed by atoms with Crippen molar-refractivity contribution in [3.63, 3.8) is 0 Å². The van der Waals surface area contributed by atoms with Gasteiger partial charge < -0.3 is 11.1 Å². The largest absolute Gasteiger partial charge is 0.383 e. The summed E-state index contributed by atoms with van der Waals surface area (Å²) < 4.78 is 0. The number of nitrogens with two attached hydrogens (primary N) is 1. The molecule has 1 unspecified atom stereocenters. The topological polar surface area (TPSA) is 74.2 Å². The van der Waals surface area contributed by atoms with Gasteiger partial charge in [0.2, 0.25) is 0 Å². The Morgan fingerprint density at radius 3 is 3.00 bits per heavy atom. The molecule has 0 aromatic carbocycles. The van der Waals surface area contributed by atoms with Crippen molar-refractivity contribution in [1.82, 2.24) is 5.32 Å². The molecule has 4 nitrogen and oxygen atoms in total. The van der Waals surface area contributed by atoms with Gasteiger partial charge in [-0.3, -0.25) is 0 Å². The fourth-order valence-corrected chi connectivity index (χ4v) is 0.747. The SMILES string of the molecule is CC1NC=NC(N)=C1C#N. The molecule has 0 saturated heterocycles. The first-order valence-electron chi connectivity index (χ1n) is 2.94. The molecule has 0 amide bonds. The van der Waals surface area contributed by atoms with E-state index in [2.05, 4.69) is 10.3 Å². The van der Waals surface area contributed by atoms with E-state index in [1.807, 2.05) is 13.0 Å². The lowest BCUT2D eigenvalue weighted by atomic mass is 10.1. The molecular weight excluding hydrogens is 128 g/mol. The zero-order valence-corrected chi connectivity index (χ0v) is 5.63. The Bertz CT molecular complexity index is 233. The van der Waals surface area contributed by atoms with Crippen LogP contribution in [0.25, 0.3) is 0 Å². The van der Waals surface area contributed by atoms with Gasteiger partial charge in [0.25, 0.3) is 0 Å². The van der Waals surface area contributed by atoms with Crippen LogP contribution in [0.15, 0.2) is 16.4 Å². The maximum absolute atomic E-state index is 8.53. The second kappa shape index (κ2) is 2.40. The molecule has 0 saturated carbocycles. The van der Waals surface area contributed by atoms with E-state index in [9.17, 15) is 0 Å². The van der Waals surface area contributed by atoms with E-state index in [0.29, 0.717) is 11.4 Å². The van der Waals surface area contributed by atoms with Gasteiger partial charge >= 0.3 is 0 Å². The van der Waals surface area contributed by atoms with Crippen LogP contribution in [0.3, 0.4) is 0 Å². The van der Waals surface area contributed by atoms with Crippen LogP contribution in [-0.2, 0) is 0 Å². The van der Waals surface area contributed by atoms with Gasteiger partial charge in [-0.05, 0) is 6.92 Å². The summed E-state index contributed by atoms with van der Waals surface area (Å²) in [5.74, 6) is 0.314. The molecule has 10 heavy (non-hydrogen) atoms. The van der Waals surface area contributed by atoms with E-state index in [1.54, 1.807) is 0 Å². The van der Waals surface area contributed by atoms with Gasteiger partial charge in [0, 0.05) is 0 Å². The molecule has 1 rings (SSSR count). The fourth-order valence-electron chi connectivity index (χ4n) is 0.747. The predicted molar refractivity (Wildman–Crippen MR) is 37.9 cm³/mol. The third kappa shape index (κ3) is 0.935. The van der Waals surface area contributed by atoms with Crippen LogP contribution in [0, 0.1) is 11.3 Å². The van der Waals surface area contributed by atoms with Gasteiger partial charge in [-0.1, -0.05) is 0 Å². The monoisotopic (exact) mass is 136 g/mol. The lowest BCUT2D eigenvalue weighted by Crippen LogP contribution is -2.31. The van der Waals surface area contributed by atoms with Crippen molar-refractivity contribution >= 4 is 6.34 Å². The zero-order valence-electron chi connectivity index (χ0n) is 5.63. The van der Waals surface area contributed by atoms with Crippen LogP contribution in [0.2, 0.25) is 0 Å². The third-order valence-electron chi connectivity index (χ3n) is 1.36. The molecule has 1 aliphatic heterocycles. The van der Waals surface area contributed by atoms with Crippen molar-refractivity contribution in [2.24, 2.45) is 10.7 Å².